The standard InChI is InChI=1S/C12H12ClN3O2/c13-9-2-3-10(11(17)8-9)15-12(18)4-7-16-6-1-5-14-16/h1-3,5-6,8,17H,4,7H2,(H,15,18). The number of anilines is 1. The van der Waals surface area contributed by atoms with Crippen LogP contribution in [0.2, 0.25) is 5.02 Å². The topological polar surface area (TPSA) is 67.2 Å². The molecule has 0 bridgehead atoms. The highest BCUT2D eigenvalue weighted by molar-refractivity contribution is 6.30. The fourth-order valence-electron chi connectivity index (χ4n) is 1.47. The Morgan fingerprint density at radius 3 is 3.00 bits per heavy atom. The van der Waals surface area contributed by atoms with Crippen LogP contribution in [0.4, 0.5) is 5.69 Å². The van der Waals surface area contributed by atoms with Gasteiger partial charge in [-0.15, -0.1) is 0 Å². The lowest BCUT2D eigenvalue weighted by Crippen LogP contribution is -2.14. The van der Waals surface area contributed by atoms with E-state index in [1.165, 1.54) is 6.07 Å². The van der Waals surface area contributed by atoms with E-state index in [-0.39, 0.29) is 18.1 Å². The van der Waals surface area contributed by atoms with Crippen LogP contribution < -0.4 is 5.32 Å². The first-order valence-corrected chi connectivity index (χ1v) is 5.79. The van der Waals surface area contributed by atoms with E-state index in [9.17, 15) is 9.90 Å². The van der Waals surface area contributed by atoms with E-state index in [0.717, 1.165) is 0 Å². The Balaban J connectivity index is 1.91. The largest absolute Gasteiger partial charge is 0.506 e. The van der Waals surface area contributed by atoms with Gasteiger partial charge in [0.1, 0.15) is 5.75 Å². The number of phenolic OH excluding ortho intramolecular Hbond substituents is 1. The van der Waals surface area contributed by atoms with Crippen LogP contribution in [0.5, 0.6) is 5.75 Å². The fraction of sp³-hybridized carbons (Fsp3) is 0.167. The molecule has 1 aromatic carbocycles. The zero-order chi connectivity index (χ0) is 13.0. The Bertz CT molecular complexity index is 540. The molecule has 0 aliphatic rings. The second-order valence-electron chi connectivity index (χ2n) is 3.73. The Morgan fingerprint density at radius 2 is 2.33 bits per heavy atom. The third-order valence-corrected chi connectivity index (χ3v) is 2.60. The van der Waals surface area contributed by atoms with Gasteiger partial charge < -0.3 is 10.4 Å². The highest BCUT2D eigenvalue weighted by Gasteiger charge is 2.07. The summed E-state index contributed by atoms with van der Waals surface area (Å²) in [6.45, 7) is 0.493. The fourth-order valence-corrected chi connectivity index (χ4v) is 1.64. The maximum atomic E-state index is 11.6. The van der Waals surface area contributed by atoms with Gasteiger partial charge in [0.2, 0.25) is 5.91 Å². The minimum absolute atomic E-state index is 0.0464. The second-order valence-corrected chi connectivity index (χ2v) is 4.17. The van der Waals surface area contributed by atoms with Gasteiger partial charge in [-0.3, -0.25) is 9.48 Å². The molecule has 18 heavy (non-hydrogen) atoms. The maximum absolute atomic E-state index is 11.6. The van der Waals surface area contributed by atoms with Gasteiger partial charge in [0, 0.05) is 36.4 Å². The summed E-state index contributed by atoms with van der Waals surface area (Å²) in [7, 11) is 0. The number of nitrogens with zero attached hydrogens (tertiary/aromatic N) is 2. The van der Waals surface area contributed by atoms with Crippen molar-refractivity contribution in [2.24, 2.45) is 0 Å². The molecular formula is C12H12ClN3O2. The van der Waals surface area contributed by atoms with Crippen molar-refractivity contribution in [2.75, 3.05) is 5.32 Å². The first-order valence-electron chi connectivity index (χ1n) is 5.41. The summed E-state index contributed by atoms with van der Waals surface area (Å²) in [5.74, 6) is -0.238. The number of aromatic nitrogens is 2. The van der Waals surface area contributed by atoms with Crippen LogP contribution in [-0.2, 0) is 11.3 Å². The van der Waals surface area contributed by atoms with E-state index in [2.05, 4.69) is 10.4 Å². The number of nitrogens with one attached hydrogen (secondary N) is 1. The van der Waals surface area contributed by atoms with Gasteiger partial charge in [-0.25, -0.2) is 0 Å². The number of amides is 1. The Hall–Kier alpha value is -2.01. The molecule has 0 unspecified atom stereocenters. The lowest BCUT2D eigenvalue weighted by Gasteiger charge is -2.07. The summed E-state index contributed by atoms with van der Waals surface area (Å²) in [5, 5.41) is 16.6. The molecule has 2 rings (SSSR count). The highest BCUT2D eigenvalue weighted by atomic mass is 35.5. The van der Waals surface area contributed by atoms with Crippen LogP contribution in [0.25, 0.3) is 0 Å². The highest BCUT2D eigenvalue weighted by Crippen LogP contribution is 2.26. The lowest BCUT2D eigenvalue weighted by molar-refractivity contribution is -0.116. The van der Waals surface area contributed by atoms with Crippen molar-refractivity contribution in [3.05, 3.63) is 41.7 Å². The number of halogens is 1. The van der Waals surface area contributed by atoms with Crippen molar-refractivity contribution in [3.8, 4) is 5.75 Å². The number of hydrogen-bond acceptors (Lipinski definition) is 3. The van der Waals surface area contributed by atoms with Gasteiger partial charge in [0.05, 0.1) is 5.69 Å². The first kappa shape index (κ1) is 12.4. The molecule has 0 saturated heterocycles. The van der Waals surface area contributed by atoms with Crippen molar-refractivity contribution < 1.29 is 9.90 Å². The van der Waals surface area contributed by atoms with E-state index in [4.69, 9.17) is 11.6 Å². The molecule has 94 valence electrons. The summed E-state index contributed by atoms with van der Waals surface area (Å²) in [6, 6.07) is 6.33. The van der Waals surface area contributed by atoms with E-state index in [1.54, 1.807) is 35.3 Å². The molecule has 1 heterocycles. The van der Waals surface area contributed by atoms with Crippen molar-refractivity contribution >= 4 is 23.2 Å². The number of aryl methyl sites for hydroxylation is 1. The predicted molar refractivity (Wildman–Crippen MR) is 68.6 cm³/mol. The molecular weight excluding hydrogens is 254 g/mol. The molecule has 0 aliphatic carbocycles. The molecule has 0 radical (unpaired) electrons. The van der Waals surface area contributed by atoms with Crippen molar-refractivity contribution in [1.82, 2.24) is 9.78 Å². The van der Waals surface area contributed by atoms with Crippen LogP contribution in [0.3, 0.4) is 0 Å². The summed E-state index contributed by atoms with van der Waals surface area (Å²) >= 11 is 5.70. The average Bonchev–Trinajstić information content (AvgIpc) is 2.83. The summed E-state index contributed by atoms with van der Waals surface area (Å²) in [5.41, 5.74) is 0.352. The van der Waals surface area contributed by atoms with Crippen molar-refractivity contribution in [3.63, 3.8) is 0 Å². The molecule has 2 aromatic rings. The van der Waals surface area contributed by atoms with Crippen LogP contribution in [0.15, 0.2) is 36.7 Å². The summed E-state index contributed by atoms with van der Waals surface area (Å²) < 4.78 is 1.67. The van der Waals surface area contributed by atoms with Gasteiger partial charge in [-0.2, -0.15) is 5.10 Å². The number of rotatable bonds is 4. The van der Waals surface area contributed by atoms with Gasteiger partial charge in [0.25, 0.3) is 0 Å². The van der Waals surface area contributed by atoms with Gasteiger partial charge in [0.15, 0.2) is 0 Å². The third-order valence-electron chi connectivity index (χ3n) is 2.36. The molecule has 0 aliphatic heterocycles. The zero-order valence-corrected chi connectivity index (χ0v) is 10.3. The number of carbonyl (C=O) groups excluding carboxylic acids is 1. The van der Waals surface area contributed by atoms with Crippen molar-refractivity contribution in [2.45, 2.75) is 13.0 Å². The normalized spacial score (nSPS) is 10.3. The smallest absolute Gasteiger partial charge is 0.226 e. The van der Waals surface area contributed by atoms with E-state index in [0.29, 0.717) is 17.3 Å². The van der Waals surface area contributed by atoms with E-state index >= 15 is 0 Å². The number of aromatic hydroxyl groups is 1. The Morgan fingerprint density at radius 1 is 1.50 bits per heavy atom. The van der Waals surface area contributed by atoms with E-state index < -0.39 is 0 Å². The molecule has 2 N–H and O–H groups in total. The van der Waals surface area contributed by atoms with Crippen molar-refractivity contribution in [1.29, 1.82) is 0 Å². The lowest BCUT2D eigenvalue weighted by atomic mass is 10.3. The molecule has 0 saturated carbocycles. The van der Waals surface area contributed by atoms with Crippen LogP contribution in [0.1, 0.15) is 6.42 Å². The monoisotopic (exact) mass is 265 g/mol. The minimum atomic E-state index is -0.192. The predicted octanol–water partition coefficient (Wildman–Crippen LogP) is 2.27. The van der Waals surface area contributed by atoms with Gasteiger partial charge in [-0.05, 0) is 18.2 Å². The molecule has 6 heteroatoms. The third kappa shape index (κ3) is 3.24. The molecule has 0 atom stereocenters. The molecule has 1 aromatic heterocycles. The molecule has 1 amide bonds. The summed E-state index contributed by atoms with van der Waals surface area (Å²) in [6.07, 6.45) is 3.72. The van der Waals surface area contributed by atoms with Gasteiger partial charge in [-0.1, -0.05) is 11.6 Å². The van der Waals surface area contributed by atoms with Crippen LogP contribution >= 0.6 is 11.6 Å². The zero-order valence-electron chi connectivity index (χ0n) is 9.51. The second kappa shape index (κ2) is 5.55. The van der Waals surface area contributed by atoms with Crippen LogP contribution in [-0.4, -0.2) is 20.8 Å². The maximum Gasteiger partial charge on any atom is 0.226 e. The minimum Gasteiger partial charge on any atom is -0.506 e. The summed E-state index contributed by atoms with van der Waals surface area (Å²) in [4.78, 5) is 11.6. The SMILES string of the molecule is O=C(CCn1cccn1)Nc1ccc(Cl)cc1O. The number of carbonyl (C=O) groups is 1. The number of benzene rings is 1. The van der Waals surface area contributed by atoms with Gasteiger partial charge >= 0.3 is 0 Å². The Kier molecular flexibility index (Phi) is 3.84. The molecule has 0 spiro atoms. The first-order chi connectivity index (χ1) is 8.65. The average molecular weight is 266 g/mol. The number of hydrogen-bond donors (Lipinski definition) is 2. The molecule has 5 nitrogen and oxygen atoms in total. The number of phenols is 1. The van der Waals surface area contributed by atoms with Crippen LogP contribution in [0, 0.1) is 0 Å². The Labute approximate surface area is 109 Å². The quantitative estimate of drug-likeness (QED) is 0.834. The molecule has 0 fully saturated rings. The van der Waals surface area contributed by atoms with E-state index in [1.807, 2.05) is 0 Å².